The summed E-state index contributed by atoms with van der Waals surface area (Å²) in [4.78, 5) is 0. The second kappa shape index (κ2) is 6.96. The van der Waals surface area contributed by atoms with Crippen LogP contribution in [0.1, 0.15) is 24.1 Å². The van der Waals surface area contributed by atoms with Gasteiger partial charge in [-0.1, -0.05) is 43.3 Å². The monoisotopic (exact) mass is 270 g/mol. The van der Waals surface area contributed by atoms with Gasteiger partial charge in [0.15, 0.2) is 0 Å². The Hall–Kier alpha value is -2.00. The number of hydrogen-bond acceptors (Lipinski definition) is 3. The third kappa shape index (κ3) is 3.11. The van der Waals surface area contributed by atoms with Crippen LogP contribution < -0.4 is 15.8 Å². The Morgan fingerprint density at radius 1 is 1.10 bits per heavy atom. The lowest BCUT2D eigenvalue weighted by atomic mass is 9.98. The number of nitrogens with one attached hydrogen (secondary N) is 1. The molecule has 0 saturated heterocycles. The fourth-order valence-corrected chi connectivity index (χ4v) is 2.41. The molecule has 20 heavy (non-hydrogen) atoms. The number of benzene rings is 2. The molecule has 0 aromatic heterocycles. The number of rotatable bonds is 6. The van der Waals surface area contributed by atoms with Crippen molar-refractivity contribution in [3.8, 4) is 5.75 Å². The van der Waals surface area contributed by atoms with Crippen LogP contribution in [0.5, 0.6) is 5.75 Å². The van der Waals surface area contributed by atoms with Crippen molar-refractivity contribution in [3.63, 3.8) is 0 Å². The van der Waals surface area contributed by atoms with Crippen molar-refractivity contribution in [3.05, 3.63) is 59.7 Å². The van der Waals surface area contributed by atoms with Gasteiger partial charge in [0.25, 0.3) is 0 Å². The number of hydrogen-bond donors (Lipinski definition) is 2. The highest BCUT2D eigenvalue weighted by Crippen LogP contribution is 2.28. The lowest BCUT2D eigenvalue weighted by Crippen LogP contribution is -2.22. The first-order valence-electron chi connectivity index (χ1n) is 6.97. The number of methoxy groups -OCH3 is 1. The van der Waals surface area contributed by atoms with Crippen molar-refractivity contribution >= 4 is 5.69 Å². The average Bonchev–Trinajstić information content (AvgIpc) is 2.53. The number of nitrogens with two attached hydrogens (primary N) is 1. The first-order chi connectivity index (χ1) is 9.80. The summed E-state index contributed by atoms with van der Waals surface area (Å²) in [7, 11) is 1.68. The summed E-state index contributed by atoms with van der Waals surface area (Å²) in [5.74, 6) is 0.833. The second-order valence-corrected chi connectivity index (χ2v) is 4.69. The topological polar surface area (TPSA) is 47.3 Å². The molecule has 1 atom stereocenters. The number of ether oxygens (including phenoxy) is 1. The fourth-order valence-electron chi connectivity index (χ4n) is 2.41. The summed E-state index contributed by atoms with van der Waals surface area (Å²) in [6.07, 6.45) is 1.00. The number of para-hydroxylation sites is 2. The molecular weight excluding hydrogens is 248 g/mol. The molecule has 2 aromatic carbocycles. The van der Waals surface area contributed by atoms with Gasteiger partial charge in [0.2, 0.25) is 0 Å². The molecule has 3 heteroatoms. The van der Waals surface area contributed by atoms with Crippen LogP contribution in [0.2, 0.25) is 0 Å². The van der Waals surface area contributed by atoms with Gasteiger partial charge < -0.3 is 15.8 Å². The summed E-state index contributed by atoms with van der Waals surface area (Å²) < 4.78 is 5.38. The Bertz CT molecular complexity index is 554. The van der Waals surface area contributed by atoms with Crippen molar-refractivity contribution < 1.29 is 4.74 Å². The fraction of sp³-hybridized carbons (Fsp3) is 0.294. The summed E-state index contributed by atoms with van der Waals surface area (Å²) in [6, 6.07) is 16.4. The van der Waals surface area contributed by atoms with Crippen LogP contribution in [0, 0.1) is 0 Å². The van der Waals surface area contributed by atoms with Crippen LogP contribution in [-0.2, 0) is 6.42 Å². The van der Waals surface area contributed by atoms with E-state index in [4.69, 9.17) is 10.5 Å². The van der Waals surface area contributed by atoms with Gasteiger partial charge in [-0.2, -0.15) is 0 Å². The Labute approximate surface area is 120 Å². The maximum Gasteiger partial charge on any atom is 0.141 e. The predicted molar refractivity (Wildman–Crippen MR) is 84.2 cm³/mol. The van der Waals surface area contributed by atoms with Gasteiger partial charge in [0.1, 0.15) is 5.75 Å². The van der Waals surface area contributed by atoms with Gasteiger partial charge in [-0.15, -0.1) is 0 Å². The zero-order valence-corrected chi connectivity index (χ0v) is 12.1. The Morgan fingerprint density at radius 2 is 1.80 bits per heavy atom. The van der Waals surface area contributed by atoms with Crippen molar-refractivity contribution in [1.82, 2.24) is 0 Å². The molecule has 1 unspecified atom stereocenters. The van der Waals surface area contributed by atoms with Crippen LogP contribution in [0.15, 0.2) is 48.5 Å². The molecule has 0 aliphatic heterocycles. The minimum Gasteiger partial charge on any atom is -0.495 e. The van der Waals surface area contributed by atoms with E-state index in [0.717, 1.165) is 17.9 Å². The Kier molecular flexibility index (Phi) is 5.02. The highest BCUT2D eigenvalue weighted by atomic mass is 16.5. The zero-order valence-electron chi connectivity index (χ0n) is 12.1. The molecule has 3 N–H and O–H groups in total. The maximum atomic E-state index is 5.96. The van der Waals surface area contributed by atoms with E-state index in [1.165, 1.54) is 11.1 Å². The van der Waals surface area contributed by atoms with E-state index in [2.05, 4.69) is 36.5 Å². The summed E-state index contributed by atoms with van der Waals surface area (Å²) in [6.45, 7) is 2.70. The average molecular weight is 270 g/mol. The summed E-state index contributed by atoms with van der Waals surface area (Å²) in [5, 5.41) is 3.49. The summed E-state index contributed by atoms with van der Waals surface area (Å²) >= 11 is 0. The van der Waals surface area contributed by atoms with E-state index in [0.29, 0.717) is 6.54 Å². The Balaban J connectivity index is 2.29. The molecule has 0 spiro atoms. The van der Waals surface area contributed by atoms with E-state index in [-0.39, 0.29) is 6.04 Å². The van der Waals surface area contributed by atoms with Crippen LogP contribution in [0.25, 0.3) is 0 Å². The first-order valence-corrected chi connectivity index (χ1v) is 6.97. The largest absolute Gasteiger partial charge is 0.495 e. The SMILES string of the molecule is CCc1ccccc1C(CN)Nc1ccccc1OC. The van der Waals surface area contributed by atoms with Gasteiger partial charge in [-0.05, 0) is 29.7 Å². The highest BCUT2D eigenvalue weighted by Gasteiger charge is 2.14. The van der Waals surface area contributed by atoms with E-state index >= 15 is 0 Å². The van der Waals surface area contributed by atoms with Crippen LogP contribution >= 0.6 is 0 Å². The van der Waals surface area contributed by atoms with Gasteiger partial charge in [0, 0.05) is 6.54 Å². The van der Waals surface area contributed by atoms with Crippen LogP contribution in [0.3, 0.4) is 0 Å². The molecule has 0 aliphatic carbocycles. The first kappa shape index (κ1) is 14.4. The molecule has 0 saturated carbocycles. The molecule has 0 radical (unpaired) electrons. The van der Waals surface area contributed by atoms with Gasteiger partial charge in [-0.25, -0.2) is 0 Å². The molecule has 3 nitrogen and oxygen atoms in total. The third-order valence-corrected chi connectivity index (χ3v) is 3.48. The van der Waals surface area contributed by atoms with Crippen LogP contribution in [0.4, 0.5) is 5.69 Å². The molecule has 2 rings (SSSR count). The number of aryl methyl sites for hydroxylation is 1. The minimum atomic E-state index is 0.0856. The zero-order chi connectivity index (χ0) is 14.4. The van der Waals surface area contributed by atoms with Gasteiger partial charge >= 0.3 is 0 Å². The molecule has 0 aliphatic rings. The van der Waals surface area contributed by atoms with Crippen molar-refractivity contribution in [2.24, 2.45) is 5.73 Å². The van der Waals surface area contributed by atoms with E-state index in [1.54, 1.807) is 7.11 Å². The highest BCUT2D eigenvalue weighted by molar-refractivity contribution is 5.57. The lowest BCUT2D eigenvalue weighted by Gasteiger charge is -2.22. The molecule has 0 bridgehead atoms. The van der Waals surface area contributed by atoms with Crippen molar-refractivity contribution in [1.29, 1.82) is 0 Å². The summed E-state index contributed by atoms with van der Waals surface area (Å²) in [5.41, 5.74) is 9.51. The third-order valence-electron chi connectivity index (χ3n) is 3.48. The normalized spacial score (nSPS) is 11.9. The molecule has 0 amide bonds. The molecule has 0 heterocycles. The molecule has 2 aromatic rings. The number of anilines is 1. The Morgan fingerprint density at radius 3 is 2.50 bits per heavy atom. The maximum absolute atomic E-state index is 5.96. The van der Waals surface area contributed by atoms with Crippen molar-refractivity contribution in [2.75, 3.05) is 19.0 Å². The molecular formula is C17H22N2O. The van der Waals surface area contributed by atoms with E-state index in [9.17, 15) is 0 Å². The van der Waals surface area contributed by atoms with E-state index < -0.39 is 0 Å². The molecule has 0 fully saturated rings. The van der Waals surface area contributed by atoms with Gasteiger partial charge in [-0.3, -0.25) is 0 Å². The second-order valence-electron chi connectivity index (χ2n) is 4.69. The minimum absolute atomic E-state index is 0.0856. The van der Waals surface area contributed by atoms with Gasteiger partial charge in [0.05, 0.1) is 18.8 Å². The van der Waals surface area contributed by atoms with E-state index in [1.807, 2.05) is 24.3 Å². The smallest absolute Gasteiger partial charge is 0.141 e. The predicted octanol–water partition coefficient (Wildman–Crippen LogP) is 3.37. The lowest BCUT2D eigenvalue weighted by molar-refractivity contribution is 0.416. The quantitative estimate of drug-likeness (QED) is 0.846. The van der Waals surface area contributed by atoms with Crippen molar-refractivity contribution in [2.45, 2.75) is 19.4 Å². The standard InChI is InChI=1S/C17H22N2O/c1-3-13-8-4-5-9-14(13)16(12-18)19-15-10-6-7-11-17(15)20-2/h4-11,16,19H,3,12,18H2,1-2H3. The molecule has 106 valence electrons. The van der Waals surface area contributed by atoms with Crippen LogP contribution in [-0.4, -0.2) is 13.7 Å².